The largest absolute Gasteiger partial charge is 0.333 e. The summed E-state index contributed by atoms with van der Waals surface area (Å²) in [5, 5.41) is 0. The number of halogens is 1. The van der Waals surface area contributed by atoms with E-state index in [9.17, 15) is 0 Å². The van der Waals surface area contributed by atoms with Crippen molar-refractivity contribution in [2.24, 2.45) is 0 Å². The fourth-order valence-electron chi connectivity index (χ4n) is 0.550. The molecular formula is C5H10ClO3P. The van der Waals surface area contributed by atoms with Gasteiger partial charge in [0.2, 0.25) is 0 Å². The normalized spacial score (nSPS) is 33.0. The van der Waals surface area contributed by atoms with Crippen molar-refractivity contribution in [1.82, 2.24) is 0 Å². The molecule has 0 saturated carbocycles. The Morgan fingerprint density at radius 1 is 1.80 bits per heavy atom. The second-order valence-corrected chi connectivity index (χ2v) is 3.51. The van der Waals surface area contributed by atoms with Crippen LogP contribution >= 0.6 is 20.2 Å². The van der Waals surface area contributed by atoms with Gasteiger partial charge < -0.3 is 13.6 Å². The molecule has 0 radical (unpaired) electrons. The summed E-state index contributed by atoms with van der Waals surface area (Å²) in [6, 6.07) is 0. The van der Waals surface area contributed by atoms with E-state index in [4.69, 9.17) is 25.2 Å². The molecule has 0 aromatic heterocycles. The Morgan fingerprint density at radius 2 is 2.60 bits per heavy atom. The van der Waals surface area contributed by atoms with Crippen molar-refractivity contribution in [2.75, 3.05) is 19.1 Å². The average molecular weight is 185 g/mol. The topological polar surface area (TPSA) is 27.7 Å². The summed E-state index contributed by atoms with van der Waals surface area (Å²) in [5.41, 5.74) is 0. The van der Waals surface area contributed by atoms with E-state index >= 15 is 0 Å². The molecule has 1 saturated heterocycles. The summed E-state index contributed by atoms with van der Waals surface area (Å²) in [7, 11) is -1.07. The van der Waals surface area contributed by atoms with Crippen LogP contribution in [0.4, 0.5) is 0 Å². The molecule has 60 valence electrons. The molecule has 2 unspecified atom stereocenters. The van der Waals surface area contributed by atoms with Crippen molar-refractivity contribution < 1.29 is 13.6 Å². The Hall–Kier alpha value is 0.600. The van der Waals surface area contributed by atoms with Crippen LogP contribution < -0.4 is 0 Å². The molecular weight excluding hydrogens is 174 g/mol. The molecule has 3 nitrogen and oxygen atoms in total. The molecule has 1 aliphatic heterocycles. The first-order valence-electron chi connectivity index (χ1n) is 3.11. The minimum atomic E-state index is -1.07. The molecule has 1 aliphatic rings. The van der Waals surface area contributed by atoms with Gasteiger partial charge in [0.25, 0.3) is 0 Å². The maximum absolute atomic E-state index is 5.39. The summed E-state index contributed by atoms with van der Waals surface area (Å²) >= 11 is 5.39. The highest BCUT2D eigenvalue weighted by Crippen LogP contribution is 2.45. The molecule has 0 amide bonds. The van der Waals surface area contributed by atoms with Crippen LogP contribution in [0.1, 0.15) is 6.92 Å². The average Bonchev–Trinajstić information content (AvgIpc) is 2.31. The van der Waals surface area contributed by atoms with E-state index in [1.54, 1.807) is 0 Å². The van der Waals surface area contributed by atoms with Crippen molar-refractivity contribution in [3.8, 4) is 0 Å². The maximum atomic E-state index is 5.39. The van der Waals surface area contributed by atoms with E-state index in [1.165, 1.54) is 0 Å². The molecule has 0 aliphatic carbocycles. The number of rotatable bonds is 3. The van der Waals surface area contributed by atoms with Gasteiger partial charge in [0.1, 0.15) is 0 Å². The third kappa shape index (κ3) is 2.69. The third-order valence-corrected chi connectivity index (χ3v) is 2.39. The van der Waals surface area contributed by atoms with Gasteiger partial charge in [0.05, 0.1) is 19.3 Å². The fourth-order valence-corrected chi connectivity index (χ4v) is 1.86. The second kappa shape index (κ2) is 4.47. The van der Waals surface area contributed by atoms with Gasteiger partial charge in [-0.1, -0.05) is 0 Å². The van der Waals surface area contributed by atoms with Gasteiger partial charge in [-0.2, -0.15) is 0 Å². The lowest BCUT2D eigenvalue weighted by atomic mass is 10.5. The summed E-state index contributed by atoms with van der Waals surface area (Å²) in [4.78, 5) is 0. The van der Waals surface area contributed by atoms with Gasteiger partial charge in [-0.25, -0.2) is 0 Å². The van der Waals surface area contributed by atoms with Gasteiger partial charge in [-0.15, -0.1) is 11.6 Å². The highest BCUT2D eigenvalue weighted by molar-refractivity contribution is 7.42. The molecule has 0 N–H and O–H groups in total. The molecule has 0 aromatic rings. The third-order valence-electron chi connectivity index (χ3n) is 0.955. The molecule has 5 heteroatoms. The molecule has 0 aromatic carbocycles. The number of hydrogen-bond donors (Lipinski definition) is 0. The van der Waals surface area contributed by atoms with Gasteiger partial charge in [-0.3, -0.25) is 0 Å². The van der Waals surface area contributed by atoms with E-state index < -0.39 is 8.60 Å². The fraction of sp³-hybridized carbons (Fsp3) is 1.00. The zero-order valence-electron chi connectivity index (χ0n) is 5.75. The van der Waals surface area contributed by atoms with E-state index in [2.05, 4.69) is 0 Å². The minimum Gasteiger partial charge on any atom is -0.311 e. The van der Waals surface area contributed by atoms with Crippen LogP contribution in [0.25, 0.3) is 0 Å². The van der Waals surface area contributed by atoms with Crippen LogP contribution in [0, 0.1) is 0 Å². The first-order valence-corrected chi connectivity index (χ1v) is 4.74. The van der Waals surface area contributed by atoms with Gasteiger partial charge in [-0.05, 0) is 6.92 Å². The van der Waals surface area contributed by atoms with Crippen LogP contribution in [0.15, 0.2) is 0 Å². The Morgan fingerprint density at radius 3 is 3.10 bits per heavy atom. The van der Waals surface area contributed by atoms with Gasteiger partial charge in [0.15, 0.2) is 0 Å². The monoisotopic (exact) mass is 184 g/mol. The van der Waals surface area contributed by atoms with Crippen LogP contribution in [0.3, 0.4) is 0 Å². The SMILES string of the molecule is CC1COP(OCCCl)O1. The molecule has 0 bridgehead atoms. The Kier molecular flexibility index (Phi) is 3.89. The molecule has 1 heterocycles. The Bertz CT molecular complexity index is 103. The van der Waals surface area contributed by atoms with Crippen molar-refractivity contribution in [3.05, 3.63) is 0 Å². The lowest BCUT2D eigenvalue weighted by molar-refractivity contribution is 0.234. The lowest BCUT2D eigenvalue weighted by Crippen LogP contribution is -2.00. The van der Waals surface area contributed by atoms with Crippen LogP contribution in [0.2, 0.25) is 0 Å². The van der Waals surface area contributed by atoms with Crippen LogP contribution in [-0.4, -0.2) is 25.2 Å². The highest BCUT2D eigenvalue weighted by Gasteiger charge is 2.24. The van der Waals surface area contributed by atoms with E-state index in [0.717, 1.165) is 0 Å². The highest BCUT2D eigenvalue weighted by atomic mass is 35.5. The zero-order valence-corrected chi connectivity index (χ0v) is 7.40. The van der Waals surface area contributed by atoms with Crippen molar-refractivity contribution in [1.29, 1.82) is 0 Å². The van der Waals surface area contributed by atoms with E-state index in [0.29, 0.717) is 19.1 Å². The molecule has 1 fully saturated rings. The minimum absolute atomic E-state index is 0.168. The Labute approximate surface area is 66.6 Å². The predicted molar refractivity (Wildman–Crippen MR) is 40.1 cm³/mol. The first kappa shape index (κ1) is 8.69. The summed E-state index contributed by atoms with van der Waals surface area (Å²) < 4.78 is 15.5. The quantitative estimate of drug-likeness (QED) is 0.495. The zero-order chi connectivity index (χ0) is 7.40. The first-order chi connectivity index (χ1) is 4.83. The van der Waals surface area contributed by atoms with Gasteiger partial charge >= 0.3 is 8.60 Å². The smallest absolute Gasteiger partial charge is 0.311 e. The van der Waals surface area contributed by atoms with Crippen LogP contribution in [-0.2, 0) is 13.6 Å². The van der Waals surface area contributed by atoms with E-state index in [1.807, 2.05) is 6.92 Å². The second-order valence-electron chi connectivity index (χ2n) is 1.96. The molecule has 10 heavy (non-hydrogen) atoms. The van der Waals surface area contributed by atoms with Crippen molar-refractivity contribution >= 4 is 20.2 Å². The summed E-state index contributed by atoms with van der Waals surface area (Å²) in [6.07, 6.45) is 0.168. The standard InChI is InChI=1S/C5H10ClO3P/c1-5-4-8-10(9-5)7-3-2-6/h5H,2-4H2,1H3. The van der Waals surface area contributed by atoms with Crippen molar-refractivity contribution in [2.45, 2.75) is 13.0 Å². The summed E-state index contributed by atoms with van der Waals surface area (Å²) in [6.45, 7) is 3.08. The summed E-state index contributed by atoms with van der Waals surface area (Å²) in [5.74, 6) is 0.486. The molecule has 2 atom stereocenters. The maximum Gasteiger partial charge on any atom is 0.333 e. The number of hydrogen-bond acceptors (Lipinski definition) is 3. The predicted octanol–water partition coefficient (Wildman–Crippen LogP) is 1.90. The number of alkyl halides is 1. The molecule has 1 rings (SSSR count). The van der Waals surface area contributed by atoms with Crippen molar-refractivity contribution in [3.63, 3.8) is 0 Å². The van der Waals surface area contributed by atoms with E-state index in [-0.39, 0.29) is 6.10 Å². The molecule has 0 spiro atoms. The lowest BCUT2D eigenvalue weighted by Gasteiger charge is -2.05. The van der Waals surface area contributed by atoms with Gasteiger partial charge in [0, 0.05) is 5.88 Å². The van der Waals surface area contributed by atoms with Crippen LogP contribution in [0.5, 0.6) is 0 Å². The Balaban J connectivity index is 2.06.